The predicted molar refractivity (Wildman–Crippen MR) is 134 cm³/mol. The average Bonchev–Trinajstić information content (AvgIpc) is 2.83. The summed E-state index contributed by atoms with van der Waals surface area (Å²) in [5.41, 5.74) is 4.87. The lowest BCUT2D eigenvalue weighted by atomic mass is 9.96. The fourth-order valence-electron chi connectivity index (χ4n) is 3.60. The van der Waals surface area contributed by atoms with E-state index in [4.69, 9.17) is 0 Å². The molecule has 4 rings (SSSR count). The molecule has 3 heterocycles. The molecule has 2 amide bonds. The van der Waals surface area contributed by atoms with E-state index in [9.17, 15) is 9.59 Å². The number of likely N-dealkylation sites (N-methyl/N-ethyl adjacent to an activating group) is 1. The van der Waals surface area contributed by atoms with Crippen molar-refractivity contribution in [1.82, 2.24) is 20.3 Å². The van der Waals surface area contributed by atoms with Gasteiger partial charge in [0, 0.05) is 17.8 Å². The molecule has 172 valence electrons. The lowest BCUT2D eigenvalue weighted by Crippen LogP contribution is -2.35. The maximum Gasteiger partial charge on any atom is 0.275 e. The van der Waals surface area contributed by atoms with Crippen molar-refractivity contribution in [2.45, 2.75) is 26.8 Å². The number of hydrogen-bond acceptors (Lipinski definition) is 6. The first-order valence-corrected chi connectivity index (χ1v) is 10.9. The third kappa shape index (κ3) is 4.92. The number of nitrogens with zero attached hydrogens (tertiary/aromatic N) is 3. The zero-order valence-corrected chi connectivity index (χ0v) is 19.5. The van der Waals surface area contributed by atoms with Crippen LogP contribution >= 0.6 is 0 Å². The molecule has 3 N–H and O–H groups in total. The van der Waals surface area contributed by atoms with Gasteiger partial charge in [-0.1, -0.05) is 18.2 Å². The zero-order valence-electron chi connectivity index (χ0n) is 19.5. The van der Waals surface area contributed by atoms with Gasteiger partial charge in [-0.3, -0.25) is 19.6 Å². The molecule has 0 aliphatic carbocycles. The van der Waals surface area contributed by atoms with Crippen LogP contribution in [0.2, 0.25) is 0 Å². The standard InChI is InChI=1S/C26H26N6O2/c1-15-7-9-21(29-14-15)26(34)32-23-13-18(12-22(30-23)31-25(33)17(3)27-4)24-16(2)8-10-20-19(24)6-5-11-28-20/h5-14,17,27H,1-4H3,(H2,30,31,32,33,34). The number of nitrogens with one attached hydrogen (secondary N) is 3. The van der Waals surface area contributed by atoms with Crippen LogP contribution in [-0.2, 0) is 4.79 Å². The van der Waals surface area contributed by atoms with Crippen LogP contribution in [-0.4, -0.2) is 39.9 Å². The second kappa shape index (κ2) is 9.76. The highest BCUT2D eigenvalue weighted by Crippen LogP contribution is 2.33. The van der Waals surface area contributed by atoms with Crippen molar-refractivity contribution in [1.29, 1.82) is 0 Å². The average molecular weight is 455 g/mol. The number of benzene rings is 1. The molecule has 0 bridgehead atoms. The lowest BCUT2D eigenvalue weighted by Gasteiger charge is -2.15. The van der Waals surface area contributed by atoms with Crippen LogP contribution in [0.15, 0.2) is 60.9 Å². The Labute approximate surface area is 197 Å². The van der Waals surface area contributed by atoms with Gasteiger partial charge in [0.1, 0.15) is 17.3 Å². The van der Waals surface area contributed by atoms with Crippen molar-refractivity contribution in [3.8, 4) is 11.1 Å². The van der Waals surface area contributed by atoms with E-state index >= 15 is 0 Å². The first kappa shape index (κ1) is 23.0. The van der Waals surface area contributed by atoms with Crippen LogP contribution in [0.5, 0.6) is 0 Å². The van der Waals surface area contributed by atoms with Gasteiger partial charge in [0.2, 0.25) is 5.91 Å². The molecular formula is C26H26N6O2. The van der Waals surface area contributed by atoms with Crippen LogP contribution in [0.4, 0.5) is 11.6 Å². The molecule has 0 fully saturated rings. The second-order valence-corrected chi connectivity index (χ2v) is 8.13. The van der Waals surface area contributed by atoms with Gasteiger partial charge in [-0.25, -0.2) is 4.98 Å². The summed E-state index contributed by atoms with van der Waals surface area (Å²) in [7, 11) is 1.71. The number of pyridine rings is 3. The number of aromatic nitrogens is 3. The fraction of sp³-hybridized carbons (Fsp3) is 0.192. The molecule has 0 radical (unpaired) electrons. The number of amides is 2. The van der Waals surface area contributed by atoms with Crippen molar-refractivity contribution >= 4 is 34.4 Å². The van der Waals surface area contributed by atoms with Gasteiger partial charge in [-0.15, -0.1) is 0 Å². The summed E-state index contributed by atoms with van der Waals surface area (Å²) in [6, 6.07) is 14.5. The Morgan fingerprint density at radius 2 is 1.71 bits per heavy atom. The molecule has 1 aromatic carbocycles. The number of hydrogen-bond donors (Lipinski definition) is 3. The van der Waals surface area contributed by atoms with Crippen molar-refractivity contribution in [3.63, 3.8) is 0 Å². The maximum absolute atomic E-state index is 12.8. The van der Waals surface area contributed by atoms with Gasteiger partial charge in [0.05, 0.1) is 11.6 Å². The molecule has 8 heteroatoms. The van der Waals surface area contributed by atoms with E-state index in [0.717, 1.165) is 33.2 Å². The highest BCUT2D eigenvalue weighted by Gasteiger charge is 2.17. The topological polar surface area (TPSA) is 109 Å². The number of carbonyl (C=O) groups excluding carboxylic acids is 2. The van der Waals surface area contributed by atoms with Crippen LogP contribution in [0, 0.1) is 13.8 Å². The number of aryl methyl sites for hydroxylation is 2. The van der Waals surface area contributed by atoms with E-state index in [1.54, 1.807) is 44.6 Å². The minimum atomic E-state index is -0.413. The highest BCUT2D eigenvalue weighted by atomic mass is 16.2. The summed E-state index contributed by atoms with van der Waals surface area (Å²) in [5, 5.41) is 9.53. The molecule has 0 spiro atoms. The van der Waals surface area contributed by atoms with Gasteiger partial charge in [0.25, 0.3) is 5.91 Å². The number of fused-ring (bicyclic) bond motifs is 1. The summed E-state index contributed by atoms with van der Waals surface area (Å²) in [4.78, 5) is 38.5. The van der Waals surface area contributed by atoms with Gasteiger partial charge in [-0.2, -0.15) is 0 Å². The van der Waals surface area contributed by atoms with Crippen molar-refractivity contribution in [2.24, 2.45) is 0 Å². The number of rotatable bonds is 6. The first-order valence-electron chi connectivity index (χ1n) is 10.9. The quantitative estimate of drug-likeness (QED) is 0.405. The minimum Gasteiger partial charge on any atom is -0.309 e. The van der Waals surface area contributed by atoms with E-state index in [0.29, 0.717) is 11.6 Å². The molecule has 0 saturated heterocycles. The molecule has 0 aliphatic heterocycles. The smallest absolute Gasteiger partial charge is 0.275 e. The van der Waals surface area contributed by atoms with Crippen LogP contribution in [0.1, 0.15) is 28.5 Å². The van der Waals surface area contributed by atoms with Gasteiger partial charge >= 0.3 is 0 Å². The summed E-state index contributed by atoms with van der Waals surface area (Å²) in [6.45, 7) is 5.67. The SMILES string of the molecule is CNC(C)C(=O)Nc1cc(-c2c(C)ccc3ncccc23)cc(NC(=O)c2ccc(C)cn2)n1. The molecule has 3 aromatic heterocycles. The van der Waals surface area contributed by atoms with Crippen molar-refractivity contribution < 1.29 is 9.59 Å². The normalized spacial score (nSPS) is 11.8. The maximum atomic E-state index is 12.8. The van der Waals surface area contributed by atoms with E-state index in [-0.39, 0.29) is 17.5 Å². The predicted octanol–water partition coefficient (Wildman–Crippen LogP) is 4.11. The minimum absolute atomic E-state index is 0.235. The van der Waals surface area contributed by atoms with E-state index in [2.05, 4.69) is 30.9 Å². The molecule has 1 atom stereocenters. The molecule has 0 saturated carbocycles. The van der Waals surface area contributed by atoms with Crippen molar-refractivity contribution in [2.75, 3.05) is 17.7 Å². The Hall–Kier alpha value is -4.17. The van der Waals surface area contributed by atoms with Crippen LogP contribution < -0.4 is 16.0 Å². The third-order valence-corrected chi connectivity index (χ3v) is 5.57. The molecule has 0 aliphatic rings. The second-order valence-electron chi connectivity index (χ2n) is 8.13. The lowest BCUT2D eigenvalue weighted by molar-refractivity contribution is -0.117. The fourth-order valence-corrected chi connectivity index (χ4v) is 3.60. The summed E-state index contributed by atoms with van der Waals surface area (Å²) < 4.78 is 0. The summed E-state index contributed by atoms with van der Waals surface area (Å²) >= 11 is 0. The Morgan fingerprint density at radius 3 is 2.41 bits per heavy atom. The summed E-state index contributed by atoms with van der Waals surface area (Å²) in [5.74, 6) is 0.0115. The van der Waals surface area contributed by atoms with Crippen LogP contribution in [0.3, 0.4) is 0 Å². The van der Waals surface area contributed by atoms with E-state index in [1.807, 2.05) is 44.2 Å². The molecule has 34 heavy (non-hydrogen) atoms. The molecule has 4 aromatic rings. The number of anilines is 2. The van der Waals surface area contributed by atoms with Gasteiger partial charge < -0.3 is 16.0 Å². The van der Waals surface area contributed by atoms with Gasteiger partial charge in [-0.05, 0) is 80.4 Å². The monoisotopic (exact) mass is 454 g/mol. The Balaban J connectivity index is 1.79. The van der Waals surface area contributed by atoms with E-state index in [1.165, 1.54) is 0 Å². The third-order valence-electron chi connectivity index (χ3n) is 5.57. The number of carbonyl (C=O) groups is 2. The molecule has 8 nitrogen and oxygen atoms in total. The largest absolute Gasteiger partial charge is 0.309 e. The molecular weight excluding hydrogens is 428 g/mol. The van der Waals surface area contributed by atoms with Crippen LogP contribution in [0.25, 0.3) is 22.0 Å². The van der Waals surface area contributed by atoms with Gasteiger partial charge in [0.15, 0.2) is 0 Å². The summed E-state index contributed by atoms with van der Waals surface area (Å²) in [6.07, 6.45) is 3.38. The Bertz CT molecular complexity index is 1370. The first-order chi connectivity index (χ1) is 16.4. The van der Waals surface area contributed by atoms with E-state index < -0.39 is 6.04 Å². The zero-order chi connectivity index (χ0) is 24.2. The highest BCUT2D eigenvalue weighted by molar-refractivity contribution is 6.04. The Kier molecular flexibility index (Phi) is 6.60. The Morgan fingerprint density at radius 1 is 0.941 bits per heavy atom. The van der Waals surface area contributed by atoms with Crippen molar-refractivity contribution in [3.05, 3.63) is 77.7 Å². The molecule has 1 unspecified atom stereocenters.